The summed E-state index contributed by atoms with van der Waals surface area (Å²) in [6, 6.07) is 22.8. The first kappa shape index (κ1) is 27.5. The van der Waals surface area contributed by atoms with Crippen LogP contribution in [0.5, 0.6) is 11.5 Å². The molecule has 0 saturated carbocycles. The van der Waals surface area contributed by atoms with Crippen molar-refractivity contribution >= 4 is 52.0 Å². The van der Waals surface area contributed by atoms with Crippen molar-refractivity contribution in [1.29, 1.82) is 5.41 Å². The van der Waals surface area contributed by atoms with Crippen molar-refractivity contribution in [2.75, 3.05) is 13.7 Å². The Hall–Kier alpha value is -4.07. The van der Waals surface area contributed by atoms with E-state index < -0.39 is 5.91 Å². The van der Waals surface area contributed by atoms with Gasteiger partial charge in [0.05, 0.1) is 5.02 Å². The van der Waals surface area contributed by atoms with E-state index in [1.807, 2.05) is 54.6 Å². The van der Waals surface area contributed by atoms with E-state index >= 15 is 0 Å². The van der Waals surface area contributed by atoms with Gasteiger partial charge in [-0.3, -0.25) is 9.59 Å². The second kappa shape index (κ2) is 12.8. The molecule has 0 fully saturated rings. The molecular weight excluding hydrogens is 513 g/mol. The van der Waals surface area contributed by atoms with E-state index in [1.165, 1.54) is 24.4 Å². The number of nitrogens with zero attached hydrogens (tertiary/aromatic N) is 1. The number of amides is 2. The first-order valence-corrected chi connectivity index (χ1v) is 11.9. The first-order valence-electron chi connectivity index (χ1n) is 11.1. The Kier molecular flexibility index (Phi) is 9.49. The van der Waals surface area contributed by atoms with Gasteiger partial charge in [0.15, 0.2) is 6.61 Å². The van der Waals surface area contributed by atoms with Crippen molar-refractivity contribution in [3.8, 4) is 11.5 Å². The van der Waals surface area contributed by atoms with Crippen LogP contribution in [0.2, 0.25) is 10.0 Å². The summed E-state index contributed by atoms with van der Waals surface area (Å²) in [5.41, 5.74) is 6.95. The number of likely N-dealkylation sites (N-methyl/N-ethyl adjacent to an activating group) is 1. The van der Waals surface area contributed by atoms with Crippen LogP contribution in [-0.2, 0) is 11.3 Å². The maximum Gasteiger partial charge on any atom is 0.260 e. The SMILES string of the molecule is CN(Cc1ccccc1Cl)C(=O)COc1ccc(C=N)c2ccccc12.NC(=O)c1ccc(O)c(Cl)c1. The van der Waals surface area contributed by atoms with Gasteiger partial charge in [-0.1, -0.05) is 65.7 Å². The Morgan fingerprint density at radius 3 is 2.30 bits per heavy atom. The Morgan fingerprint density at radius 1 is 0.973 bits per heavy atom. The number of rotatable bonds is 7. The predicted molar refractivity (Wildman–Crippen MR) is 147 cm³/mol. The Morgan fingerprint density at radius 2 is 1.65 bits per heavy atom. The summed E-state index contributed by atoms with van der Waals surface area (Å²) in [4.78, 5) is 24.6. The number of primary amides is 1. The van der Waals surface area contributed by atoms with Crippen LogP contribution in [0.25, 0.3) is 10.8 Å². The lowest BCUT2D eigenvalue weighted by molar-refractivity contribution is -0.132. The highest BCUT2D eigenvalue weighted by Crippen LogP contribution is 2.28. The molecule has 0 atom stereocenters. The number of aromatic hydroxyl groups is 1. The van der Waals surface area contributed by atoms with Gasteiger partial charge in [0, 0.05) is 41.3 Å². The summed E-state index contributed by atoms with van der Waals surface area (Å²) in [6.07, 6.45) is 1.31. The molecule has 0 aliphatic heterocycles. The fourth-order valence-electron chi connectivity index (χ4n) is 3.43. The van der Waals surface area contributed by atoms with Gasteiger partial charge in [0.2, 0.25) is 5.91 Å². The topological polar surface area (TPSA) is 117 Å². The van der Waals surface area contributed by atoms with Crippen molar-refractivity contribution in [3.63, 3.8) is 0 Å². The molecule has 0 radical (unpaired) electrons. The van der Waals surface area contributed by atoms with Crippen LogP contribution in [0, 0.1) is 5.41 Å². The number of nitrogens with two attached hydrogens (primary N) is 1. The van der Waals surface area contributed by atoms with Gasteiger partial charge in [0.25, 0.3) is 5.91 Å². The molecule has 2 amide bonds. The van der Waals surface area contributed by atoms with Gasteiger partial charge in [-0.15, -0.1) is 0 Å². The molecule has 0 spiro atoms. The predicted octanol–water partition coefficient (Wildman–Crippen LogP) is 5.67. The number of carbonyl (C=O) groups excluding carboxylic acids is 2. The van der Waals surface area contributed by atoms with Crippen molar-refractivity contribution in [3.05, 3.63) is 106 Å². The number of hydrogen-bond acceptors (Lipinski definition) is 5. The molecule has 4 N–H and O–H groups in total. The van der Waals surface area contributed by atoms with Gasteiger partial charge in [-0.25, -0.2) is 0 Å². The lowest BCUT2D eigenvalue weighted by Gasteiger charge is -2.19. The van der Waals surface area contributed by atoms with E-state index in [1.54, 1.807) is 18.0 Å². The number of carbonyl (C=O) groups is 2. The van der Waals surface area contributed by atoms with Crippen LogP contribution in [0.3, 0.4) is 0 Å². The maximum atomic E-state index is 12.4. The average molecular weight is 538 g/mol. The standard InChI is InChI=1S/C21H19ClN2O2.C7H6ClNO2/c1-24(13-16-6-2-5-9-19(16)22)21(25)14-26-20-11-10-15(12-23)17-7-3-4-8-18(17)20;8-5-3-4(7(9)11)1-2-6(5)10/h2-12,23H,13-14H2,1H3;1-3,10H,(H2,9,11). The number of nitrogens with one attached hydrogen (secondary N) is 1. The fourth-order valence-corrected chi connectivity index (χ4v) is 3.80. The number of benzene rings is 4. The normalized spacial score (nSPS) is 10.2. The van der Waals surface area contributed by atoms with E-state index in [0.717, 1.165) is 21.9 Å². The number of phenolic OH excluding ortho intramolecular Hbond substituents is 1. The molecule has 4 aromatic carbocycles. The van der Waals surface area contributed by atoms with Crippen LogP contribution < -0.4 is 10.5 Å². The smallest absolute Gasteiger partial charge is 0.260 e. The van der Waals surface area contributed by atoms with Gasteiger partial charge in [0.1, 0.15) is 11.5 Å². The molecule has 0 saturated heterocycles. The summed E-state index contributed by atoms with van der Waals surface area (Å²) in [5.74, 6) is -0.126. The first-order chi connectivity index (χ1) is 17.7. The van der Waals surface area contributed by atoms with Gasteiger partial charge >= 0.3 is 0 Å². The highest BCUT2D eigenvalue weighted by molar-refractivity contribution is 6.32. The lowest BCUT2D eigenvalue weighted by atomic mass is 10.0. The minimum atomic E-state index is -0.563. The van der Waals surface area contributed by atoms with Gasteiger partial charge < -0.3 is 25.9 Å². The van der Waals surface area contributed by atoms with Gasteiger partial charge in [-0.2, -0.15) is 0 Å². The third-order valence-electron chi connectivity index (χ3n) is 5.45. The van der Waals surface area contributed by atoms with Crippen molar-refractivity contribution in [1.82, 2.24) is 4.90 Å². The van der Waals surface area contributed by atoms with Crippen LogP contribution in [0.1, 0.15) is 21.5 Å². The molecule has 190 valence electrons. The van der Waals surface area contributed by atoms with Crippen molar-refractivity contribution in [2.24, 2.45) is 5.73 Å². The minimum absolute atomic E-state index is 0.0586. The molecule has 0 aliphatic carbocycles. The minimum Gasteiger partial charge on any atom is -0.506 e. The monoisotopic (exact) mass is 537 g/mol. The average Bonchev–Trinajstić information content (AvgIpc) is 2.90. The van der Waals surface area contributed by atoms with Gasteiger partial charge in [-0.05, 0) is 47.3 Å². The number of fused-ring (bicyclic) bond motifs is 1. The maximum absolute atomic E-state index is 12.4. The number of halogens is 2. The van der Waals surface area contributed by atoms with Crippen LogP contribution in [0.15, 0.2) is 78.9 Å². The molecule has 0 aromatic heterocycles. The third-order valence-corrected chi connectivity index (χ3v) is 6.12. The lowest BCUT2D eigenvalue weighted by Crippen LogP contribution is -2.31. The highest BCUT2D eigenvalue weighted by atomic mass is 35.5. The van der Waals surface area contributed by atoms with Crippen molar-refractivity contribution in [2.45, 2.75) is 6.54 Å². The summed E-state index contributed by atoms with van der Waals surface area (Å²) < 4.78 is 5.77. The van der Waals surface area contributed by atoms with Crippen molar-refractivity contribution < 1.29 is 19.4 Å². The summed E-state index contributed by atoms with van der Waals surface area (Å²) in [7, 11) is 1.73. The largest absolute Gasteiger partial charge is 0.506 e. The van der Waals surface area contributed by atoms with E-state index in [-0.39, 0.29) is 28.8 Å². The van der Waals surface area contributed by atoms with E-state index in [2.05, 4.69) is 0 Å². The molecule has 37 heavy (non-hydrogen) atoms. The molecule has 4 aromatic rings. The fraction of sp³-hybridized carbons (Fsp3) is 0.107. The van der Waals surface area contributed by atoms with E-state index in [4.69, 9.17) is 44.2 Å². The van der Waals surface area contributed by atoms with Crippen LogP contribution in [-0.4, -0.2) is 41.7 Å². The number of phenols is 1. The second-order valence-electron chi connectivity index (χ2n) is 8.00. The van der Waals surface area contributed by atoms with Crippen LogP contribution in [0.4, 0.5) is 0 Å². The zero-order chi connectivity index (χ0) is 26.9. The zero-order valence-corrected chi connectivity index (χ0v) is 21.5. The summed E-state index contributed by atoms with van der Waals surface area (Å²) in [5, 5.41) is 19.0. The highest BCUT2D eigenvalue weighted by Gasteiger charge is 2.13. The second-order valence-corrected chi connectivity index (χ2v) is 8.82. The third kappa shape index (κ3) is 7.22. The Bertz CT molecular complexity index is 1440. The molecule has 9 heteroatoms. The quantitative estimate of drug-likeness (QED) is 0.263. The number of ether oxygens (including phenoxy) is 1. The molecular formula is C28H25Cl2N3O4. The molecule has 0 aliphatic rings. The summed E-state index contributed by atoms with van der Waals surface area (Å²) >= 11 is 11.7. The Labute approximate surface area is 224 Å². The Balaban J connectivity index is 0.000000289. The molecule has 7 nitrogen and oxygen atoms in total. The summed E-state index contributed by atoms with van der Waals surface area (Å²) in [6.45, 7) is 0.365. The molecule has 0 bridgehead atoms. The van der Waals surface area contributed by atoms with E-state index in [0.29, 0.717) is 17.3 Å². The zero-order valence-electron chi connectivity index (χ0n) is 19.9. The molecule has 0 unspecified atom stereocenters. The molecule has 4 rings (SSSR count). The molecule has 0 heterocycles. The van der Waals surface area contributed by atoms with E-state index in [9.17, 15) is 9.59 Å². The van der Waals surface area contributed by atoms with Crippen LogP contribution >= 0.6 is 23.2 Å². The number of hydrogen-bond donors (Lipinski definition) is 3.